The van der Waals surface area contributed by atoms with Crippen molar-refractivity contribution in [3.63, 3.8) is 0 Å². The van der Waals surface area contributed by atoms with Crippen LogP contribution in [0.15, 0.2) is 70.4 Å². The highest BCUT2D eigenvalue weighted by Crippen LogP contribution is 2.28. The highest BCUT2D eigenvalue weighted by atomic mass is 35.5. The van der Waals surface area contributed by atoms with Gasteiger partial charge in [-0.2, -0.15) is 5.10 Å². The van der Waals surface area contributed by atoms with Crippen molar-refractivity contribution < 1.29 is 23.5 Å². The number of esters is 1. The molecule has 0 unspecified atom stereocenters. The third kappa shape index (κ3) is 4.77. The van der Waals surface area contributed by atoms with Gasteiger partial charge < -0.3 is 13.9 Å². The molecule has 3 aromatic rings. The van der Waals surface area contributed by atoms with E-state index in [1.165, 1.54) is 25.7 Å². The van der Waals surface area contributed by atoms with Gasteiger partial charge in [-0.25, -0.2) is 10.2 Å². The molecule has 0 bridgehead atoms. The van der Waals surface area contributed by atoms with Crippen LogP contribution in [-0.4, -0.2) is 25.2 Å². The van der Waals surface area contributed by atoms with E-state index in [9.17, 15) is 9.59 Å². The average molecular weight is 399 g/mol. The number of nitrogens with zero attached hydrogens (tertiary/aromatic N) is 1. The van der Waals surface area contributed by atoms with Gasteiger partial charge >= 0.3 is 5.97 Å². The molecule has 0 fully saturated rings. The molecule has 1 N–H and O–H groups in total. The highest BCUT2D eigenvalue weighted by molar-refractivity contribution is 6.30. The number of nitrogens with one attached hydrogen (secondary N) is 1. The summed E-state index contributed by atoms with van der Waals surface area (Å²) < 4.78 is 15.5. The molecule has 142 valence electrons. The number of carbonyl (C=O) groups excluding carboxylic acids is 2. The lowest BCUT2D eigenvalue weighted by Crippen LogP contribution is -2.17. The molecule has 0 aliphatic carbocycles. The first-order valence-electron chi connectivity index (χ1n) is 8.09. The van der Waals surface area contributed by atoms with Crippen LogP contribution in [0.25, 0.3) is 0 Å². The fourth-order valence-electron chi connectivity index (χ4n) is 2.22. The SMILES string of the molecule is COc1cc(/C=N\NC(=O)c2ccc(Cl)cc2)ccc1OC(=O)c1ccco1. The fraction of sp³-hybridized carbons (Fsp3) is 0.0500. The third-order valence-electron chi connectivity index (χ3n) is 3.60. The van der Waals surface area contributed by atoms with Crippen molar-refractivity contribution in [2.75, 3.05) is 7.11 Å². The van der Waals surface area contributed by atoms with Crippen molar-refractivity contribution in [3.8, 4) is 11.5 Å². The van der Waals surface area contributed by atoms with Crippen LogP contribution in [-0.2, 0) is 0 Å². The monoisotopic (exact) mass is 398 g/mol. The van der Waals surface area contributed by atoms with Crippen LogP contribution in [0.5, 0.6) is 11.5 Å². The summed E-state index contributed by atoms with van der Waals surface area (Å²) in [5.74, 6) is -0.374. The lowest BCUT2D eigenvalue weighted by Gasteiger charge is -2.09. The second-order valence-electron chi connectivity index (χ2n) is 5.48. The molecule has 28 heavy (non-hydrogen) atoms. The van der Waals surface area contributed by atoms with E-state index < -0.39 is 5.97 Å². The Hall–Kier alpha value is -3.58. The van der Waals surface area contributed by atoms with Crippen LogP contribution in [0.4, 0.5) is 0 Å². The molecular weight excluding hydrogens is 384 g/mol. The summed E-state index contributed by atoms with van der Waals surface area (Å²) >= 11 is 5.79. The van der Waals surface area contributed by atoms with Gasteiger partial charge in [0.25, 0.3) is 5.91 Å². The van der Waals surface area contributed by atoms with Gasteiger partial charge in [0.2, 0.25) is 5.76 Å². The predicted octanol–water partition coefficient (Wildman–Crippen LogP) is 3.92. The Morgan fingerprint density at radius 1 is 1.11 bits per heavy atom. The maximum atomic E-state index is 12.0. The number of amides is 1. The van der Waals surface area contributed by atoms with Crippen molar-refractivity contribution in [1.29, 1.82) is 0 Å². The van der Waals surface area contributed by atoms with Gasteiger partial charge in [0.05, 0.1) is 19.6 Å². The minimum absolute atomic E-state index is 0.0811. The summed E-state index contributed by atoms with van der Waals surface area (Å²) in [5.41, 5.74) is 3.48. The summed E-state index contributed by atoms with van der Waals surface area (Å²) in [6, 6.07) is 14.3. The molecule has 0 radical (unpaired) electrons. The van der Waals surface area contributed by atoms with Gasteiger partial charge in [0, 0.05) is 10.6 Å². The zero-order valence-corrected chi connectivity index (χ0v) is 15.5. The molecular formula is C20H15ClN2O5. The van der Waals surface area contributed by atoms with E-state index in [1.807, 2.05) is 0 Å². The number of halogens is 1. The molecule has 7 nitrogen and oxygen atoms in total. The van der Waals surface area contributed by atoms with Gasteiger partial charge in [0.1, 0.15) is 0 Å². The molecule has 1 aromatic heterocycles. The van der Waals surface area contributed by atoms with Gasteiger partial charge in [-0.3, -0.25) is 4.79 Å². The summed E-state index contributed by atoms with van der Waals surface area (Å²) in [4.78, 5) is 24.0. The van der Waals surface area contributed by atoms with Gasteiger partial charge in [-0.1, -0.05) is 11.6 Å². The number of hydrogen-bond acceptors (Lipinski definition) is 6. The smallest absolute Gasteiger partial charge is 0.379 e. The number of furan rings is 1. The third-order valence-corrected chi connectivity index (χ3v) is 3.85. The fourth-order valence-corrected chi connectivity index (χ4v) is 2.35. The van der Waals surface area contributed by atoms with Crippen molar-refractivity contribution in [3.05, 3.63) is 82.8 Å². The van der Waals surface area contributed by atoms with E-state index >= 15 is 0 Å². The van der Waals surface area contributed by atoms with E-state index in [2.05, 4.69) is 10.5 Å². The van der Waals surface area contributed by atoms with E-state index in [0.29, 0.717) is 21.9 Å². The molecule has 0 saturated carbocycles. The quantitative estimate of drug-likeness (QED) is 0.294. The first-order valence-corrected chi connectivity index (χ1v) is 8.47. The largest absolute Gasteiger partial charge is 0.493 e. The molecule has 2 aromatic carbocycles. The second kappa shape index (κ2) is 8.88. The van der Waals surface area contributed by atoms with E-state index in [0.717, 1.165) is 0 Å². The molecule has 1 amide bonds. The minimum Gasteiger partial charge on any atom is -0.493 e. The van der Waals surface area contributed by atoms with Crippen LogP contribution in [0.1, 0.15) is 26.5 Å². The van der Waals surface area contributed by atoms with Crippen molar-refractivity contribution in [1.82, 2.24) is 5.43 Å². The molecule has 0 atom stereocenters. The average Bonchev–Trinajstić information content (AvgIpc) is 3.24. The van der Waals surface area contributed by atoms with Gasteiger partial charge in [-0.05, 0) is 60.2 Å². The topological polar surface area (TPSA) is 90.1 Å². The van der Waals surface area contributed by atoms with Gasteiger partial charge in [0.15, 0.2) is 11.5 Å². The molecule has 0 aliphatic heterocycles. The molecule has 0 saturated heterocycles. The highest BCUT2D eigenvalue weighted by Gasteiger charge is 2.14. The lowest BCUT2D eigenvalue weighted by atomic mass is 10.2. The zero-order valence-electron chi connectivity index (χ0n) is 14.7. The molecule has 3 rings (SSSR count). The number of benzene rings is 2. The van der Waals surface area contributed by atoms with Crippen molar-refractivity contribution in [2.45, 2.75) is 0 Å². The van der Waals surface area contributed by atoms with E-state index in [-0.39, 0.29) is 17.4 Å². The Balaban J connectivity index is 1.66. The Kier molecular flexibility index (Phi) is 6.08. The first kappa shape index (κ1) is 19.2. The number of carbonyl (C=O) groups is 2. The van der Waals surface area contributed by atoms with Crippen molar-refractivity contribution in [2.24, 2.45) is 5.10 Å². The minimum atomic E-state index is -0.639. The Morgan fingerprint density at radius 3 is 2.57 bits per heavy atom. The molecule has 1 heterocycles. The van der Waals surface area contributed by atoms with Crippen LogP contribution >= 0.6 is 11.6 Å². The second-order valence-corrected chi connectivity index (χ2v) is 5.92. The summed E-state index contributed by atoms with van der Waals surface area (Å²) in [6.07, 6.45) is 2.82. The summed E-state index contributed by atoms with van der Waals surface area (Å²) in [6.45, 7) is 0. The number of hydrogen-bond donors (Lipinski definition) is 1. The summed E-state index contributed by atoms with van der Waals surface area (Å²) in [5, 5.41) is 4.45. The van der Waals surface area contributed by atoms with Crippen LogP contribution in [0.3, 0.4) is 0 Å². The summed E-state index contributed by atoms with van der Waals surface area (Å²) in [7, 11) is 1.45. The number of ether oxygens (including phenoxy) is 2. The maximum Gasteiger partial charge on any atom is 0.379 e. The molecule has 8 heteroatoms. The number of hydrazone groups is 1. The standard InChI is InChI=1S/C20H15ClN2O5/c1-26-18-11-13(4-9-16(18)28-20(25)17-3-2-10-27-17)12-22-23-19(24)14-5-7-15(21)8-6-14/h2-12H,1H3,(H,23,24)/b22-12-. The van der Waals surface area contributed by atoms with E-state index in [1.54, 1.807) is 48.5 Å². The number of methoxy groups -OCH3 is 1. The van der Waals surface area contributed by atoms with Crippen molar-refractivity contribution >= 4 is 29.7 Å². The number of rotatable bonds is 6. The van der Waals surface area contributed by atoms with Crippen LogP contribution < -0.4 is 14.9 Å². The zero-order chi connectivity index (χ0) is 19.9. The Morgan fingerprint density at radius 2 is 1.89 bits per heavy atom. The maximum absolute atomic E-state index is 12.0. The Labute approximate surface area is 165 Å². The van der Waals surface area contributed by atoms with Crippen LogP contribution in [0.2, 0.25) is 5.02 Å². The van der Waals surface area contributed by atoms with Crippen LogP contribution in [0, 0.1) is 0 Å². The van der Waals surface area contributed by atoms with E-state index in [4.69, 9.17) is 25.5 Å². The normalized spacial score (nSPS) is 10.6. The van der Waals surface area contributed by atoms with Gasteiger partial charge in [-0.15, -0.1) is 0 Å². The molecule has 0 spiro atoms. The lowest BCUT2D eigenvalue weighted by molar-refractivity contribution is 0.0696. The Bertz CT molecular complexity index is 998. The first-order chi connectivity index (χ1) is 13.6. The predicted molar refractivity (Wildman–Crippen MR) is 103 cm³/mol. The molecule has 0 aliphatic rings.